The second-order valence-corrected chi connectivity index (χ2v) is 5.40. The summed E-state index contributed by atoms with van der Waals surface area (Å²) in [4.78, 5) is 20.7. The molecule has 0 unspecified atom stereocenters. The molecule has 0 radical (unpaired) electrons. The minimum Gasteiger partial charge on any atom is -0.348 e. The monoisotopic (exact) mass is 341 g/mol. The van der Waals surface area contributed by atoms with Crippen LogP contribution in [0.4, 0.5) is 19.1 Å². The van der Waals surface area contributed by atoms with Gasteiger partial charge in [0.15, 0.2) is 5.82 Å². The summed E-state index contributed by atoms with van der Waals surface area (Å²) in [6, 6.07) is 0.889. The Morgan fingerprint density at radius 2 is 2.08 bits per heavy atom. The summed E-state index contributed by atoms with van der Waals surface area (Å²) in [5, 5.41) is 10.4. The molecule has 0 spiro atoms. The second-order valence-electron chi connectivity index (χ2n) is 5.40. The fourth-order valence-corrected chi connectivity index (χ4v) is 2.37. The molecule has 3 rings (SSSR count). The van der Waals surface area contributed by atoms with Crippen LogP contribution in [-0.2, 0) is 19.3 Å². The molecule has 3 heterocycles. The van der Waals surface area contributed by atoms with Crippen molar-refractivity contribution < 1.29 is 18.0 Å². The predicted molar refractivity (Wildman–Crippen MR) is 76.2 cm³/mol. The molecule has 0 aliphatic carbocycles. The van der Waals surface area contributed by atoms with E-state index in [4.69, 9.17) is 0 Å². The van der Waals surface area contributed by atoms with E-state index >= 15 is 0 Å². The maximum Gasteiger partial charge on any atom is 0.433 e. The van der Waals surface area contributed by atoms with Crippen LogP contribution in [0.15, 0.2) is 6.07 Å². The van der Waals surface area contributed by atoms with Gasteiger partial charge in [-0.2, -0.15) is 13.2 Å². The smallest absolute Gasteiger partial charge is 0.348 e. The first-order chi connectivity index (χ1) is 11.3. The van der Waals surface area contributed by atoms with Crippen LogP contribution in [0, 0.1) is 6.92 Å². The maximum absolute atomic E-state index is 12.9. The molecular formula is C13H14F3N7O. The van der Waals surface area contributed by atoms with E-state index in [1.165, 1.54) is 11.8 Å². The number of nitrogens with zero attached hydrogens (tertiary/aromatic N) is 6. The molecule has 0 atom stereocenters. The molecule has 0 saturated heterocycles. The molecule has 0 bridgehead atoms. The van der Waals surface area contributed by atoms with E-state index in [-0.39, 0.29) is 29.9 Å². The highest BCUT2D eigenvalue weighted by Gasteiger charge is 2.34. The predicted octanol–water partition coefficient (Wildman–Crippen LogP) is 0.775. The lowest BCUT2D eigenvalue weighted by atomic mass is 10.3. The Morgan fingerprint density at radius 1 is 1.33 bits per heavy atom. The van der Waals surface area contributed by atoms with Gasteiger partial charge in [-0.3, -0.25) is 4.79 Å². The van der Waals surface area contributed by atoms with E-state index in [1.807, 2.05) is 0 Å². The molecule has 1 aliphatic rings. The van der Waals surface area contributed by atoms with Gasteiger partial charge in [-0.05, 0) is 13.0 Å². The Morgan fingerprint density at radius 3 is 2.79 bits per heavy atom. The molecule has 0 aromatic carbocycles. The molecule has 1 aliphatic heterocycles. The SMILES string of the molecule is Cc1cc(C(F)(F)F)nc(N(C)Cc2nnc3n2CCNC3=O)n1. The number of halogens is 3. The van der Waals surface area contributed by atoms with Gasteiger partial charge in [0.2, 0.25) is 11.8 Å². The van der Waals surface area contributed by atoms with Gasteiger partial charge >= 0.3 is 6.18 Å². The zero-order valence-electron chi connectivity index (χ0n) is 12.9. The normalized spacial score (nSPS) is 14.3. The van der Waals surface area contributed by atoms with Crippen LogP contribution in [0.3, 0.4) is 0 Å². The van der Waals surface area contributed by atoms with Crippen molar-refractivity contribution in [3.63, 3.8) is 0 Å². The number of hydrogen-bond donors (Lipinski definition) is 1. The fraction of sp³-hybridized carbons (Fsp3) is 0.462. The van der Waals surface area contributed by atoms with Crippen molar-refractivity contribution in [2.75, 3.05) is 18.5 Å². The lowest BCUT2D eigenvalue weighted by Gasteiger charge is -2.20. The Balaban J connectivity index is 1.87. The van der Waals surface area contributed by atoms with Gasteiger partial charge in [0.05, 0.1) is 6.54 Å². The number of aryl methyl sites for hydroxylation is 1. The standard InChI is InChI=1S/C13H14F3N7O/c1-7-5-8(13(14,15)16)19-12(18-7)22(2)6-9-20-21-10-11(24)17-3-4-23(9)10/h5H,3-4,6H2,1-2H3,(H,17,24). The second kappa shape index (κ2) is 5.73. The van der Waals surface area contributed by atoms with E-state index in [1.54, 1.807) is 11.6 Å². The van der Waals surface area contributed by atoms with Crippen molar-refractivity contribution in [2.24, 2.45) is 0 Å². The van der Waals surface area contributed by atoms with Crippen molar-refractivity contribution in [2.45, 2.75) is 26.2 Å². The highest BCUT2D eigenvalue weighted by molar-refractivity contribution is 5.91. The van der Waals surface area contributed by atoms with Gasteiger partial charge in [-0.15, -0.1) is 10.2 Å². The lowest BCUT2D eigenvalue weighted by molar-refractivity contribution is -0.141. The quantitative estimate of drug-likeness (QED) is 0.887. The Labute approximate surface area is 134 Å². The van der Waals surface area contributed by atoms with E-state index in [9.17, 15) is 18.0 Å². The van der Waals surface area contributed by atoms with Crippen molar-refractivity contribution in [3.8, 4) is 0 Å². The first kappa shape index (κ1) is 16.1. The average Bonchev–Trinajstić information content (AvgIpc) is 2.90. The van der Waals surface area contributed by atoms with Gasteiger partial charge in [-0.1, -0.05) is 0 Å². The zero-order valence-corrected chi connectivity index (χ0v) is 12.9. The molecule has 11 heteroatoms. The van der Waals surface area contributed by atoms with Crippen LogP contribution in [0.5, 0.6) is 0 Å². The number of rotatable bonds is 3. The summed E-state index contributed by atoms with van der Waals surface area (Å²) >= 11 is 0. The Hall–Kier alpha value is -2.72. The van der Waals surface area contributed by atoms with Crippen molar-refractivity contribution >= 4 is 11.9 Å². The molecule has 128 valence electrons. The van der Waals surface area contributed by atoms with Crippen LogP contribution >= 0.6 is 0 Å². The number of fused-ring (bicyclic) bond motifs is 1. The third kappa shape index (κ3) is 3.01. The summed E-state index contributed by atoms with van der Waals surface area (Å²) in [6.07, 6.45) is -4.55. The molecule has 0 saturated carbocycles. The van der Waals surface area contributed by atoms with Crippen LogP contribution in [0.1, 0.15) is 27.8 Å². The van der Waals surface area contributed by atoms with Crippen LogP contribution in [0.25, 0.3) is 0 Å². The molecule has 1 amide bonds. The number of aromatic nitrogens is 5. The van der Waals surface area contributed by atoms with Crippen LogP contribution in [-0.4, -0.2) is 44.2 Å². The number of amides is 1. The molecular weight excluding hydrogens is 327 g/mol. The highest BCUT2D eigenvalue weighted by atomic mass is 19.4. The molecule has 24 heavy (non-hydrogen) atoms. The number of carbonyl (C=O) groups excluding carboxylic acids is 1. The van der Waals surface area contributed by atoms with Crippen LogP contribution < -0.4 is 10.2 Å². The largest absolute Gasteiger partial charge is 0.433 e. The molecule has 0 fully saturated rings. The van der Waals surface area contributed by atoms with Crippen molar-refractivity contribution in [1.29, 1.82) is 0 Å². The fourth-order valence-electron chi connectivity index (χ4n) is 2.37. The van der Waals surface area contributed by atoms with Gasteiger partial charge in [0, 0.05) is 25.8 Å². The summed E-state index contributed by atoms with van der Waals surface area (Å²) in [7, 11) is 1.56. The molecule has 2 aromatic heterocycles. The number of carbonyl (C=O) groups is 1. The zero-order chi connectivity index (χ0) is 17.5. The summed E-state index contributed by atoms with van der Waals surface area (Å²) in [5.74, 6) is 0.251. The number of alkyl halides is 3. The van der Waals surface area contributed by atoms with Crippen molar-refractivity contribution in [3.05, 3.63) is 29.1 Å². The lowest BCUT2D eigenvalue weighted by Crippen LogP contribution is -2.36. The third-order valence-electron chi connectivity index (χ3n) is 3.50. The first-order valence-electron chi connectivity index (χ1n) is 7.10. The minimum absolute atomic E-state index is 0.0695. The van der Waals surface area contributed by atoms with E-state index < -0.39 is 11.9 Å². The number of hydrogen-bond acceptors (Lipinski definition) is 6. The number of nitrogens with one attached hydrogen (secondary N) is 1. The number of anilines is 1. The summed E-state index contributed by atoms with van der Waals surface area (Å²) in [5.41, 5.74) is -0.790. The van der Waals surface area contributed by atoms with E-state index in [0.717, 1.165) is 6.07 Å². The van der Waals surface area contributed by atoms with Crippen molar-refractivity contribution in [1.82, 2.24) is 30.0 Å². The van der Waals surface area contributed by atoms with Crippen LogP contribution in [0.2, 0.25) is 0 Å². The van der Waals surface area contributed by atoms with Gasteiger partial charge < -0.3 is 14.8 Å². The third-order valence-corrected chi connectivity index (χ3v) is 3.50. The summed E-state index contributed by atoms with van der Waals surface area (Å²) in [6.45, 7) is 2.54. The Kier molecular flexibility index (Phi) is 3.85. The van der Waals surface area contributed by atoms with Gasteiger partial charge in [0.1, 0.15) is 5.69 Å². The highest BCUT2D eigenvalue weighted by Crippen LogP contribution is 2.29. The Bertz CT molecular complexity index is 786. The average molecular weight is 341 g/mol. The topological polar surface area (TPSA) is 88.8 Å². The van der Waals surface area contributed by atoms with E-state index in [2.05, 4.69) is 25.5 Å². The van der Waals surface area contributed by atoms with Gasteiger partial charge in [-0.25, -0.2) is 9.97 Å². The molecule has 8 nitrogen and oxygen atoms in total. The molecule has 1 N–H and O–H groups in total. The summed E-state index contributed by atoms with van der Waals surface area (Å²) < 4.78 is 40.3. The first-order valence-corrected chi connectivity index (χ1v) is 7.10. The van der Waals surface area contributed by atoms with Gasteiger partial charge in [0.25, 0.3) is 5.91 Å². The maximum atomic E-state index is 12.9. The minimum atomic E-state index is -4.55. The van der Waals surface area contributed by atoms with E-state index in [0.29, 0.717) is 18.9 Å². The molecule has 2 aromatic rings.